The third-order valence-electron chi connectivity index (χ3n) is 13.6. The number of rotatable bonds is 58. The summed E-state index contributed by atoms with van der Waals surface area (Å²) in [7, 11) is 5.92. The predicted molar refractivity (Wildman–Crippen MR) is 324 cm³/mol. The fourth-order valence-corrected chi connectivity index (χ4v) is 8.84. The number of aliphatic carboxylic acids is 1. The number of allylic oxidation sites excluding steroid dienone is 14. The molecular weight excluding hydrogens is 959 g/mol. The Morgan fingerprint density at radius 3 is 1.04 bits per heavy atom. The van der Waals surface area contributed by atoms with Crippen LogP contribution in [0.25, 0.3) is 0 Å². The Bertz CT molecular complexity index is 1540. The second kappa shape index (κ2) is 58.6. The monoisotopic (exact) mass is 1080 g/mol. The van der Waals surface area contributed by atoms with Crippen molar-refractivity contribution in [1.29, 1.82) is 0 Å². The van der Waals surface area contributed by atoms with E-state index in [0.29, 0.717) is 17.4 Å². The molecule has 0 aromatic carbocycles. The van der Waals surface area contributed by atoms with Gasteiger partial charge in [-0.15, -0.1) is 0 Å². The lowest BCUT2D eigenvalue weighted by Crippen LogP contribution is -2.44. The number of carbonyl (C=O) groups excluding carboxylic acids is 3. The standard InChI is InChI=1S/C68H119NO8/c1-6-8-10-12-14-16-18-20-22-24-25-26-27-28-29-30-31-32-33-34-35-36-37-38-39-40-41-43-45-47-49-51-53-55-57-59-66(71)77-64(63-76-68(67(72)73)74-61-60-69(3,4)5)62-75-65(70)58-56-54-52-50-48-46-44-42-23-21-19-17-15-13-11-9-7-2/h8-11,14-17,20-23,25-26,64,68H,6-7,12-13,18-19,24,27-63H2,1-5H3/b10-8-,11-9-,16-14-,17-15-,22-20-,23-21-,26-25-. The molecule has 2 unspecified atom stereocenters. The highest BCUT2D eigenvalue weighted by molar-refractivity contribution is 5.70. The average molecular weight is 1080 g/mol. The van der Waals surface area contributed by atoms with Crippen LogP contribution in [0, 0.1) is 0 Å². The van der Waals surface area contributed by atoms with Crippen LogP contribution in [-0.4, -0.2) is 82.3 Å². The van der Waals surface area contributed by atoms with Crippen LogP contribution in [0.1, 0.15) is 271 Å². The minimum Gasteiger partial charge on any atom is -0.545 e. The zero-order valence-corrected chi connectivity index (χ0v) is 50.6. The highest BCUT2D eigenvalue weighted by Crippen LogP contribution is 2.17. The molecule has 0 rings (SSSR count). The quantitative estimate of drug-likeness (QED) is 0.0195. The summed E-state index contributed by atoms with van der Waals surface area (Å²) in [5, 5.41) is 11.8. The van der Waals surface area contributed by atoms with Gasteiger partial charge < -0.3 is 33.3 Å². The summed E-state index contributed by atoms with van der Waals surface area (Å²) in [6, 6.07) is 0. The summed E-state index contributed by atoms with van der Waals surface area (Å²) < 4.78 is 22.7. The summed E-state index contributed by atoms with van der Waals surface area (Å²) in [5.41, 5.74) is 0. The summed E-state index contributed by atoms with van der Waals surface area (Å²) in [4.78, 5) is 37.3. The molecule has 0 aliphatic heterocycles. The molecule has 0 fully saturated rings. The Hall–Kier alpha value is -3.53. The molecule has 0 N–H and O–H groups in total. The first kappa shape index (κ1) is 73.5. The van der Waals surface area contributed by atoms with E-state index in [2.05, 4.69) is 98.9 Å². The zero-order chi connectivity index (χ0) is 56.2. The topological polar surface area (TPSA) is 111 Å². The van der Waals surface area contributed by atoms with Gasteiger partial charge in [0.2, 0.25) is 0 Å². The first-order valence-electron chi connectivity index (χ1n) is 31.7. The van der Waals surface area contributed by atoms with Crippen molar-refractivity contribution in [3.63, 3.8) is 0 Å². The number of esters is 2. The number of unbranched alkanes of at least 4 members (excludes halogenated alkanes) is 29. The van der Waals surface area contributed by atoms with Crippen molar-refractivity contribution in [2.75, 3.05) is 47.5 Å². The van der Waals surface area contributed by atoms with Crippen molar-refractivity contribution in [3.8, 4) is 0 Å². The average Bonchev–Trinajstić information content (AvgIpc) is 3.40. The summed E-state index contributed by atoms with van der Waals surface area (Å²) in [6.45, 7) is 4.53. The van der Waals surface area contributed by atoms with Crippen molar-refractivity contribution in [1.82, 2.24) is 0 Å². The summed E-state index contributed by atoms with van der Waals surface area (Å²) in [6.07, 6.45) is 75.2. The van der Waals surface area contributed by atoms with Crippen LogP contribution in [0.5, 0.6) is 0 Å². The number of carbonyl (C=O) groups is 3. The van der Waals surface area contributed by atoms with Crippen LogP contribution in [-0.2, 0) is 33.3 Å². The summed E-state index contributed by atoms with van der Waals surface area (Å²) >= 11 is 0. The van der Waals surface area contributed by atoms with E-state index in [4.69, 9.17) is 18.9 Å². The molecule has 0 spiro atoms. The lowest BCUT2D eigenvalue weighted by Gasteiger charge is -2.26. The van der Waals surface area contributed by atoms with E-state index < -0.39 is 24.3 Å². The SMILES string of the molecule is CC/C=C\C/C=C\C/C=C\C/C=C\CCCCCCCCCCCCCCCCCCCCCCCCC(=O)OC(COC(=O)CCCCCCCCC/C=C\C/C=C\C/C=C\CC)COC(OCC[N+](C)(C)C)C(=O)[O-]. The van der Waals surface area contributed by atoms with Gasteiger partial charge in [-0.05, 0) is 83.5 Å². The van der Waals surface area contributed by atoms with E-state index in [9.17, 15) is 19.5 Å². The van der Waals surface area contributed by atoms with E-state index in [1.807, 2.05) is 21.1 Å². The predicted octanol–water partition coefficient (Wildman–Crippen LogP) is 17.8. The molecule has 0 bridgehead atoms. The van der Waals surface area contributed by atoms with Gasteiger partial charge in [-0.2, -0.15) is 0 Å². The largest absolute Gasteiger partial charge is 0.545 e. The van der Waals surface area contributed by atoms with Gasteiger partial charge >= 0.3 is 11.9 Å². The number of carboxylic acid groups (broad SMARTS) is 1. The van der Waals surface area contributed by atoms with Crippen LogP contribution in [0.3, 0.4) is 0 Å². The Morgan fingerprint density at radius 1 is 0.390 bits per heavy atom. The van der Waals surface area contributed by atoms with Crippen LogP contribution in [0.4, 0.5) is 0 Å². The normalized spacial score (nSPS) is 13.3. The second-order valence-electron chi connectivity index (χ2n) is 22.3. The Balaban J connectivity index is 4.06. The molecule has 9 heteroatoms. The first-order valence-corrected chi connectivity index (χ1v) is 31.7. The van der Waals surface area contributed by atoms with Gasteiger partial charge in [0.1, 0.15) is 13.2 Å². The molecule has 9 nitrogen and oxygen atoms in total. The molecule has 0 saturated heterocycles. The Labute approximate surface area is 474 Å². The molecule has 0 saturated carbocycles. The maximum atomic E-state index is 12.9. The van der Waals surface area contributed by atoms with E-state index >= 15 is 0 Å². The lowest BCUT2D eigenvalue weighted by atomic mass is 10.0. The summed E-state index contributed by atoms with van der Waals surface area (Å²) in [5.74, 6) is -2.29. The molecule has 0 radical (unpaired) electrons. The second-order valence-corrected chi connectivity index (χ2v) is 22.3. The van der Waals surface area contributed by atoms with Gasteiger partial charge in [0, 0.05) is 12.8 Å². The van der Waals surface area contributed by atoms with E-state index in [-0.39, 0.29) is 38.6 Å². The number of nitrogens with zero attached hydrogens (tertiary/aromatic N) is 1. The molecule has 0 aliphatic rings. The van der Waals surface area contributed by atoms with Crippen molar-refractivity contribution in [2.24, 2.45) is 0 Å². The molecule has 0 heterocycles. The molecule has 0 aromatic heterocycles. The fraction of sp³-hybridized carbons (Fsp3) is 0.750. The molecule has 444 valence electrons. The van der Waals surface area contributed by atoms with Crippen molar-refractivity contribution in [3.05, 3.63) is 85.1 Å². The van der Waals surface area contributed by atoms with E-state index in [1.165, 1.54) is 148 Å². The van der Waals surface area contributed by atoms with Crippen molar-refractivity contribution in [2.45, 2.75) is 283 Å². The first-order chi connectivity index (χ1) is 37.6. The minimum absolute atomic E-state index is 0.144. The number of quaternary nitrogens is 1. The number of hydrogen-bond acceptors (Lipinski definition) is 8. The van der Waals surface area contributed by atoms with Crippen molar-refractivity contribution < 1.29 is 42.9 Å². The van der Waals surface area contributed by atoms with E-state index in [1.54, 1.807) is 0 Å². The molecule has 0 aliphatic carbocycles. The van der Waals surface area contributed by atoms with Gasteiger partial charge in [-0.3, -0.25) is 9.59 Å². The smallest absolute Gasteiger partial charge is 0.306 e. The number of hydrogen-bond donors (Lipinski definition) is 0. The van der Waals surface area contributed by atoms with Gasteiger partial charge in [0.25, 0.3) is 0 Å². The number of likely N-dealkylation sites (N-methyl/N-ethyl adjacent to an activating group) is 1. The highest BCUT2D eigenvalue weighted by atomic mass is 16.7. The maximum Gasteiger partial charge on any atom is 0.306 e. The lowest BCUT2D eigenvalue weighted by molar-refractivity contribution is -0.870. The van der Waals surface area contributed by atoms with Gasteiger partial charge in [-0.25, -0.2) is 0 Å². The minimum atomic E-state index is -1.63. The Morgan fingerprint density at radius 2 is 0.701 bits per heavy atom. The van der Waals surface area contributed by atoms with Gasteiger partial charge in [0.15, 0.2) is 12.4 Å². The maximum absolute atomic E-state index is 12.9. The van der Waals surface area contributed by atoms with Crippen LogP contribution >= 0.6 is 0 Å². The van der Waals surface area contributed by atoms with Crippen LogP contribution < -0.4 is 5.11 Å². The molecule has 0 amide bonds. The highest BCUT2D eigenvalue weighted by Gasteiger charge is 2.22. The molecule has 0 aromatic rings. The van der Waals surface area contributed by atoms with E-state index in [0.717, 1.165) is 89.9 Å². The zero-order valence-electron chi connectivity index (χ0n) is 50.6. The third kappa shape index (κ3) is 60.0. The molecule has 2 atom stereocenters. The fourth-order valence-electron chi connectivity index (χ4n) is 8.84. The molecule has 77 heavy (non-hydrogen) atoms. The van der Waals surface area contributed by atoms with Gasteiger partial charge in [-0.1, -0.05) is 259 Å². The Kier molecular flexibility index (Phi) is 55.9. The van der Waals surface area contributed by atoms with Crippen LogP contribution in [0.2, 0.25) is 0 Å². The third-order valence-corrected chi connectivity index (χ3v) is 13.6. The number of carboxylic acids is 1. The molecular formula is C68H119NO8. The van der Waals surface area contributed by atoms with Crippen LogP contribution in [0.15, 0.2) is 85.1 Å². The number of ether oxygens (including phenoxy) is 4. The van der Waals surface area contributed by atoms with Crippen molar-refractivity contribution >= 4 is 17.9 Å². The van der Waals surface area contributed by atoms with Gasteiger partial charge in [0.05, 0.1) is 40.3 Å².